The standard InChI is InChI=1S/C15H22FN/c1-2-15(17,12-7-4-3-5-8-12)13-9-6-10-14(16)11-13/h6,9-12H,2-5,7-8,17H2,1H3. The number of rotatable bonds is 3. The average molecular weight is 235 g/mol. The van der Waals surface area contributed by atoms with Gasteiger partial charge in [0.05, 0.1) is 0 Å². The Bertz CT molecular complexity index is 371. The molecule has 1 aromatic carbocycles. The smallest absolute Gasteiger partial charge is 0.123 e. The van der Waals surface area contributed by atoms with Gasteiger partial charge < -0.3 is 5.73 Å². The lowest BCUT2D eigenvalue weighted by molar-refractivity contribution is 0.199. The molecule has 1 fully saturated rings. The number of benzene rings is 1. The Morgan fingerprint density at radius 1 is 1.29 bits per heavy atom. The summed E-state index contributed by atoms with van der Waals surface area (Å²) in [6.45, 7) is 2.11. The van der Waals surface area contributed by atoms with Crippen molar-refractivity contribution >= 4 is 0 Å². The van der Waals surface area contributed by atoms with Gasteiger partial charge >= 0.3 is 0 Å². The maximum Gasteiger partial charge on any atom is 0.123 e. The third-order valence-corrected chi connectivity index (χ3v) is 4.28. The molecule has 0 aliphatic heterocycles. The first-order valence-electron chi connectivity index (χ1n) is 6.71. The van der Waals surface area contributed by atoms with Crippen molar-refractivity contribution in [2.75, 3.05) is 0 Å². The predicted octanol–water partition coefficient (Wildman–Crippen LogP) is 3.97. The summed E-state index contributed by atoms with van der Waals surface area (Å²) in [6.07, 6.45) is 7.08. The molecule has 0 saturated heterocycles. The lowest BCUT2D eigenvalue weighted by Crippen LogP contribution is -2.44. The fraction of sp³-hybridized carbons (Fsp3) is 0.600. The van der Waals surface area contributed by atoms with Gasteiger partial charge in [0, 0.05) is 5.54 Å². The van der Waals surface area contributed by atoms with Gasteiger partial charge in [-0.2, -0.15) is 0 Å². The van der Waals surface area contributed by atoms with Crippen LogP contribution in [0.1, 0.15) is 51.0 Å². The minimum Gasteiger partial charge on any atom is -0.321 e. The minimum absolute atomic E-state index is 0.179. The molecule has 0 aromatic heterocycles. The highest BCUT2D eigenvalue weighted by Crippen LogP contribution is 2.39. The maximum absolute atomic E-state index is 13.3. The van der Waals surface area contributed by atoms with Crippen LogP contribution in [-0.2, 0) is 5.54 Å². The fourth-order valence-corrected chi connectivity index (χ4v) is 3.12. The first kappa shape index (κ1) is 12.6. The molecule has 1 aliphatic carbocycles. The van der Waals surface area contributed by atoms with E-state index in [0.717, 1.165) is 12.0 Å². The molecule has 0 radical (unpaired) electrons. The lowest BCUT2D eigenvalue weighted by atomic mass is 9.70. The van der Waals surface area contributed by atoms with Crippen LogP contribution in [0.25, 0.3) is 0 Å². The van der Waals surface area contributed by atoms with Crippen molar-refractivity contribution < 1.29 is 4.39 Å². The van der Waals surface area contributed by atoms with E-state index in [1.54, 1.807) is 12.1 Å². The van der Waals surface area contributed by atoms with Crippen LogP contribution in [0, 0.1) is 11.7 Å². The molecule has 2 rings (SSSR count). The van der Waals surface area contributed by atoms with Crippen molar-refractivity contribution in [2.24, 2.45) is 11.7 Å². The van der Waals surface area contributed by atoms with E-state index < -0.39 is 0 Å². The Hall–Kier alpha value is -0.890. The molecular weight excluding hydrogens is 213 g/mol. The van der Waals surface area contributed by atoms with Crippen LogP contribution in [0.4, 0.5) is 4.39 Å². The molecule has 0 heterocycles. The molecule has 2 heteroatoms. The highest BCUT2D eigenvalue weighted by molar-refractivity contribution is 5.26. The van der Waals surface area contributed by atoms with E-state index in [4.69, 9.17) is 5.73 Å². The first-order valence-corrected chi connectivity index (χ1v) is 6.71. The molecule has 1 aliphatic rings. The lowest BCUT2D eigenvalue weighted by Gasteiger charge is -2.39. The quantitative estimate of drug-likeness (QED) is 0.843. The van der Waals surface area contributed by atoms with Crippen molar-refractivity contribution in [2.45, 2.75) is 51.0 Å². The van der Waals surface area contributed by atoms with Crippen molar-refractivity contribution in [1.29, 1.82) is 0 Å². The molecule has 94 valence electrons. The molecule has 1 nitrogen and oxygen atoms in total. The normalized spacial score (nSPS) is 21.1. The van der Waals surface area contributed by atoms with Gasteiger partial charge in [0.25, 0.3) is 0 Å². The van der Waals surface area contributed by atoms with Crippen molar-refractivity contribution in [3.63, 3.8) is 0 Å². The van der Waals surface area contributed by atoms with Gasteiger partial charge in [0.2, 0.25) is 0 Å². The number of hydrogen-bond donors (Lipinski definition) is 1. The Labute approximate surface area is 103 Å². The van der Waals surface area contributed by atoms with E-state index in [0.29, 0.717) is 5.92 Å². The summed E-state index contributed by atoms with van der Waals surface area (Å²) in [5.74, 6) is 0.324. The number of halogens is 1. The van der Waals surface area contributed by atoms with Crippen molar-refractivity contribution in [3.05, 3.63) is 35.6 Å². The zero-order valence-electron chi connectivity index (χ0n) is 10.6. The van der Waals surface area contributed by atoms with Gasteiger partial charge in [-0.15, -0.1) is 0 Å². The van der Waals surface area contributed by atoms with Crippen LogP contribution in [-0.4, -0.2) is 0 Å². The summed E-state index contributed by atoms with van der Waals surface area (Å²) in [6, 6.07) is 6.84. The number of hydrogen-bond acceptors (Lipinski definition) is 1. The summed E-state index contributed by atoms with van der Waals surface area (Å²) in [7, 11) is 0. The average Bonchev–Trinajstić information content (AvgIpc) is 2.39. The third-order valence-electron chi connectivity index (χ3n) is 4.28. The fourth-order valence-electron chi connectivity index (χ4n) is 3.12. The molecule has 17 heavy (non-hydrogen) atoms. The van der Waals surface area contributed by atoms with Crippen molar-refractivity contribution in [1.82, 2.24) is 0 Å². The Balaban J connectivity index is 2.29. The Morgan fingerprint density at radius 2 is 2.00 bits per heavy atom. The number of nitrogens with two attached hydrogens (primary N) is 1. The van der Waals surface area contributed by atoms with Gasteiger partial charge in [-0.1, -0.05) is 38.3 Å². The topological polar surface area (TPSA) is 26.0 Å². The molecule has 2 N–H and O–H groups in total. The summed E-state index contributed by atoms with van der Waals surface area (Å²) >= 11 is 0. The van der Waals surface area contributed by atoms with E-state index in [1.165, 1.54) is 38.2 Å². The van der Waals surface area contributed by atoms with Crippen LogP contribution in [0.5, 0.6) is 0 Å². The predicted molar refractivity (Wildman–Crippen MR) is 69.1 cm³/mol. The maximum atomic E-state index is 13.3. The third kappa shape index (κ3) is 2.52. The summed E-state index contributed by atoms with van der Waals surface area (Å²) in [5.41, 5.74) is 7.22. The van der Waals surface area contributed by atoms with E-state index in [-0.39, 0.29) is 11.4 Å². The highest BCUT2D eigenvalue weighted by Gasteiger charge is 2.35. The summed E-state index contributed by atoms with van der Waals surface area (Å²) in [4.78, 5) is 0. The van der Waals surface area contributed by atoms with Crippen LogP contribution < -0.4 is 5.73 Å². The molecule has 1 unspecified atom stereocenters. The minimum atomic E-state index is -0.345. The summed E-state index contributed by atoms with van der Waals surface area (Å²) in [5, 5.41) is 0. The monoisotopic (exact) mass is 235 g/mol. The van der Waals surface area contributed by atoms with E-state index in [1.807, 2.05) is 6.07 Å². The van der Waals surface area contributed by atoms with E-state index in [9.17, 15) is 4.39 Å². The molecule has 0 bridgehead atoms. The van der Waals surface area contributed by atoms with Gasteiger partial charge in [0.15, 0.2) is 0 Å². The molecule has 1 atom stereocenters. The first-order chi connectivity index (χ1) is 8.16. The zero-order valence-corrected chi connectivity index (χ0v) is 10.6. The van der Waals surface area contributed by atoms with Gasteiger partial charge in [0.1, 0.15) is 5.82 Å². The molecular formula is C15H22FN. The van der Waals surface area contributed by atoms with Gasteiger partial charge in [-0.25, -0.2) is 4.39 Å². The van der Waals surface area contributed by atoms with Crippen molar-refractivity contribution in [3.8, 4) is 0 Å². The second kappa shape index (κ2) is 5.18. The van der Waals surface area contributed by atoms with Crippen LogP contribution in [0.3, 0.4) is 0 Å². The molecule has 0 amide bonds. The summed E-state index contributed by atoms with van der Waals surface area (Å²) < 4.78 is 13.3. The zero-order chi connectivity index (χ0) is 12.3. The second-order valence-electron chi connectivity index (χ2n) is 5.24. The second-order valence-corrected chi connectivity index (χ2v) is 5.24. The Kier molecular flexibility index (Phi) is 3.82. The molecule has 1 saturated carbocycles. The van der Waals surface area contributed by atoms with E-state index >= 15 is 0 Å². The van der Waals surface area contributed by atoms with Gasteiger partial charge in [-0.3, -0.25) is 0 Å². The molecule has 1 aromatic rings. The van der Waals surface area contributed by atoms with Crippen LogP contribution in [0.2, 0.25) is 0 Å². The largest absolute Gasteiger partial charge is 0.321 e. The highest BCUT2D eigenvalue weighted by atomic mass is 19.1. The van der Waals surface area contributed by atoms with Gasteiger partial charge in [-0.05, 0) is 42.9 Å². The SMILES string of the molecule is CCC(N)(c1cccc(F)c1)C1CCCCC1. The molecule has 0 spiro atoms. The Morgan fingerprint density at radius 3 is 2.59 bits per heavy atom. The van der Waals surface area contributed by atoms with Crippen LogP contribution >= 0.6 is 0 Å². The van der Waals surface area contributed by atoms with Crippen LogP contribution in [0.15, 0.2) is 24.3 Å². The van der Waals surface area contributed by atoms with E-state index in [2.05, 4.69) is 6.92 Å².